The maximum absolute atomic E-state index is 5.70. The third kappa shape index (κ3) is 1.22. The van der Waals surface area contributed by atoms with Gasteiger partial charge in [0.05, 0.1) is 0 Å². The predicted molar refractivity (Wildman–Crippen MR) is 58.7 cm³/mol. The van der Waals surface area contributed by atoms with Crippen molar-refractivity contribution in [2.24, 2.45) is 18.5 Å². The minimum absolute atomic E-state index is 0.564. The maximum atomic E-state index is 5.70. The number of hydrogen-bond donors (Lipinski definition) is 2. The van der Waals surface area contributed by atoms with Crippen molar-refractivity contribution >= 4 is 10.9 Å². The summed E-state index contributed by atoms with van der Waals surface area (Å²) < 4.78 is 2.09. The first-order valence-corrected chi connectivity index (χ1v) is 4.74. The first-order valence-electron chi connectivity index (χ1n) is 4.74. The van der Waals surface area contributed by atoms with Crippen molar-refractivity contribution < 1.29 is 0 Å². The van der Waals surface area contributed by atoms with Gasteiger partial charge >= 0.3 is 0 Å². The highest BCUT2D eigenvalue weighted by atomic mass is 14.9. The summed E-state index contributed by atoms with van der Waals surface area (Å²) in [6.45, 7) is 1.13. The molecule has 3 nitrogen and oxygen atoms in total. The Bertz CT molecular complexity index is 457. The topological polar surface area (TPSA) is 57.0 Å². The molecule has 0 radical (unpaired) electrons. The summed E-state index contributed by atoms with van der Waals surface area (Å²) in [5.74, 6) is 0. The van der Waals surface area contributed by atoms with Gasteiger partial charge in [0, 0.05) is 37.2 Å². The second-order valence-electron chi connectivity index (χ2n) is 3.48. The Morgan fingerprint density at radius 2 is 1.86 bits per heavy atom. The van der Waals surface area contributed by atoms with Gasteiger partial charge < -0.3 is 16.0 Å². The van der Waals surface area contributed by atoms with Crippen LogP contribution in [0.2, 0.25) is 0 Å². The van der Waals surface area contributed by atoms with Crippen molar-refractivity contribution in [2.45, 2.75) is 13.1 Å². The van der Waals surface area contributed by atoms with Crippen molar-refractivity contribution in [3.8, 4) is 0 Å². The van der Waals surface area contributed by atoms with E-state index in [2.05, 4.69) is 22.9 Å². The van der Waals surface area contributed by atoms with E-state index in [4.69, 9.17) is 11.5 Å². The number of benzene rings is 1. The molecule has 3 heteroatoms. The quantitative estimate of drug-likeness (QED) is 0.743. The number of fused-ring (bicyclic) bond motifs is 1. The van der Waals surface area contributed by atoms with Crippen molar-refractivity contribution in [2.75, 3.05) is 0 Å². The van der Waals surface area contributed by atoms with Crippen molar-refractivity contribution in [3.05, 3.63) is 35.5 Å². The van der Waals surface area contributed by atoms with Crippen molar-refractivity contribution in [3.63, 3.8) is 0 Å². The molecule has 4 N–H and O–H groups in total. The summed E-state index contributed by atoms with van der Waals surface area (Å²) in [7, 11) is 2.03. The molecule has 1 aromatic heterocycles. The van der Waals surface area contributed by atoms with Crippen LogP contribution >= 0.6 is 0 Å². The molecule has 0 fully saturated rings. The Balaban J connectivity index is 2.82. The number of aromatic nitrogens is 1. The second-order valence-corrected chi connectivity index (χ2v) is 3.48. The Morgan fingerprint density at radius 1 is 1.14 bits per heavy atom. The Hall–Kier alpha value is -1.32. The number of nitrogens with zero attached hydrogens (tertiary/aromatic N) is 1. The summed E-state index contributed by atoms with van der Waals surface area (Å²) in [6.07, 6.45) is 2.07. The average molecular weight is 189 g/mol. The molecule has 0 saturated carbocycles. The zero-order valence-electron chi connectivity index (χ0n) is 8.33. The van der Waals surface area contributed by atoms with Gasteiger partial charge in [0.2, 0.25) is 0 Å². The van der Waals surface area contributed by atoms with Crippen LogP contribution in [0.15, 0.2) is 24.4 Å². The standard InChI is InChI=1S/C11H15N3/c1-14-7-9(6-13)11-8(5-12)3-2-4-10(11)14/h2-4,7H,5-6,12-13H2,1H3. The van der Waals surface area contributed by atoms with Crippen LogP contribution in [-0.2, 0) is 20.1 Å². The Labute approximate surface area is 83.3 Å². The third-order valence-corrected chi connectivity index (χ3v) is 2.62. The van der Waals surface area contributed by atoms with Gasteiger partial charge in [-0.3, -0.25) is 0 Å². The summed E-state index contributed by atoms with van der Waals surface area (Å²) >= 11 is 0. The molecule has 0 spiro atoms. The van der Waals surface area contributed by atoms with Crippen LogP contribution in [0.4, 0.5) is 0 Å². The molecule has 1 heterocycles. The van der Waals surface area contributed by atoms with Gasteiger partial charge in [-0.05, 0) is 17.2 Å². The van der Waals surface area contributed by atoms with Crippen LogP contribution in [0.5, 0.6) is 0 Å². The van der Waals surface area contributed by atoms with E-state index < -0.39 is 0 Å². The molecule has 74 valence electrons. The van der Waals surface area contributed by atoms with Gasteiger partial charge in [-0.15, -0.1) is 0 Å². The maximum Gasteiger partial charge on any atom is 0.0484 e. The van der Waals surface area contributed by atoms with Crippen LogP contribution in [0.1, 0.15) is 11.1 Å². The minimum Gasteiger partial charge on any atom is -0.350 e. The van der Waals surface area contributed by atoms with Gasteiger partial charge in [-0.1, -0.05) is 12.1 Å². The summed E-state index contributed by atoms with van der Waals surface area (Å²) in [4.78, 5) is 0. The van der Waals surface area contributed by atoms with Crippen LogP contribution in [-0.4, -0.2) is 4.57 Å². The first kappa shape index (κ1) is 9.24. The molecule has 2 rings (SSSR count). The Morgan fingerprint density at radius 3 is 2.50 bits per heavy atom. The number of aryl methyl sites for hydroxylation is 1. The molecule has 14 heavy (non-hydrogen) atoms. The highest BCUT2D eigenvalue weighted by Crippen LogP contribution is 2.23. The molecule has 2 aromatic rings. The van der Waals surface area contributed by atoms with E-state index in [9.17, 15) is 0 Å². The SMILES string of the molecule is Cn1cc(CN)c2c(CN)cccc21. The highest BCUT2D eigenvalue weighted by molar-refractivity contribution is 5.87. The molecular formula is C11H15N3. The lowest BCUT2D eigenvalue weighted by molar-refractivity contribution is 0.949. The van der Waals surface area contributed by atoms with E-state index in [-0.39, 0.29) is 0 Å². The third-order valence-electron chi connectivity index (χ3n) is 2.62. The van der Waals surface area contributed by atoms with E-state index in [0.29, 0.717) is 13.1 Å². The summed E-state index contributed by atoms with van der Waals surface area (Å²) in [6, 6.07) is 6.18. The highest BCUT2D eigenvalue weighted by Gasteiger charge is 2.07. The normalized spacial score (nSPS) is 11.1. The smallest absolute Gasteiger partial charge is 0.0484 e. The van der Waals surface area contributed by atoms with Crippen LogP contribution in [0.25, 0.3) is 10.9 Å². The lowest BCUT2D eigenvalue weighted by atomic mass is 10.1. The summed E-state index contributed by atoms with van der Waals surface area (Å²) in [5.41, 5.74) is 14.9. The minimum atomic E-state index is 0.564. The van der Waals surface area contributed by atoms with Crippen LogP contribution in [0.3, 0.4) is 0 Å². The molecule has 0 bridgehead atoms. The van der Waals surface area contributed by atoms with E-state index in [1.54, 1.807) is 0 Å². The number of nitrogens with two attached hydrogens (primary N) is 2. The molecule has 0 amide bonds. The zero-order chi connectivity index (χ0) is 10.1. The fourth-order valence-electron chi connectivity index (χ4n) is 1.94. The monoisotopic (exact) mass is 189 g/mol. The van der Waals surface area contributed by atoms with Crippen LogP contribution < -0.4 is 11.5 Å². The van der Waals surface area contributed by atoms with E-state index >= 15 is 0 Å². The molecule has 0 unspecified atom stereocenters. The fourth-order valence-corrected chi connectivity index (χ4v) is 1.94. The summed E-state index contributed by atoms with van der Waals surface area (Å²) in [5, 5.41) is 1.22. The van der Waals surface area contributed by atoms with Crippen LogP contribution in [0, 0.1) is 0 Å². The number of rotatable bonds is 2. The Kier molecular flexibility index (Phi) is 2.27. The molecule has 0 aliphatic carbocycles. The van der Waals surface area contributed by atoms with Gasteiger partial charge in [0.1, 0.15) is 0 Å². The fraction of sp³-hybridized carbons (Fsp3) is 0.273. The van der Waals surface area contributed by atoms with Gasteiger partial charge in [-0.2, -0.15) is 0 Å². The van der Waals surface area contributed by atoms with E-state index in [1.807, 2.05) is 13.1 Å². The lowest BCUT2D eigenvalue weighted by Gasteiger charge is -2.02. The molecule has 0 saturated heterocycles. The van der Waals surface area contributed by atoms with E-state index in [1.165, 1.54) is 22.0 Å². The van der Waals surface area contributed by atoms with Gasteiger partial charge in [0.15, 0.2) is 0 Å². The first-order chi connectivity index (χ1) is 6.77. The predicted octanol–water partition coefficient (Wildman–Crippen LogP) is 1.10. The van der Waals surface area contributed by atoms with E-state index in [0.717, 1.165) is 0 Å². The van der Waals surface area contributed by atoms with Gasteiger partial charge in [0.25, 0.3) is 0 Å². The molecule has 1 aromatic carbocycles. The molecule has 0 aliphatic rings. The largest absolute Gasteiger partial charge is 0.350 e. The van der Waals surface area contributed by atoms with Crippen molar-refractivity contribution in [1.82, 2.24) is 4.57 Å². The molecule has 0 aliphatic heterocycles. The molecular weight excluding hydrogens is 174 g/mol. The second kappa shape index (κ2) is 3.44. The molecule has 0 atom stereocenters. The lowest BCUT2D eigenvalue weighted by Crippen LogP contribution is -2.00. The van der Waals surface area contributed by atoms with Crippen molar-refractivity contribution in [1.29, 1.82) is 0 Å². The zero-order valence-corrected chi connectivity index (χ0v) is 8.33. The number of hydrogen-bond acceptors (Lipinski definition) is 2. The van der Waals surface area contributed by atoms with Gasteiger partial charge in [-0.25, -0.2) is 0 Å². The average Bonchev–Trinajstić information content (AvgIpc) is 2.56.